The molecule has 3 unspecified atom stereocenters. The lowest BCUT2D eigenvalue weighted by molar-refractivity contribution is -0.870. The van der Waals surface area contributed by atoms with Crippen molar-refractivity contribution < 1.29 is 37.3 Å². The summed E-state index contributed by atoms with van der Waals surface area (Å²) in [5.41, 5.74) is 0. The number of nitrogens with one attached hydrogen (secondary N) is 1. The van der Waals surface area contributed by atoms with Crippen LogP contribution >= 0.6 is 7.82 Å². The summed E-state index contributed by atoms with van der Waals surface area (Å²) in [6.07, 6.45) is 65.2. The second-order valence-electron chi connectivity index (χ2n) is 24.0. The zero-order chi connectivity index (χ0) is 55.0. The Morgan fingerprint density at radius 1 is 0.453 bits per heavy atom. The van der Waals surface area contributed by atoms with E-state index in [4.69, 9.17) is 13.8 Å². The summed E-state index contributed by atoms with van der Waals surface area (Å²) >= 11 is 0. The maximum atomic E-state index is 13.5. The van der Waals surface area contributed by atoms with Crippen LogP contribution in [0.5, 0.6) is 0 Å². The third-order valence-electron chi connectivity index (χ3n) is 15.2. The molecule has 10 heteroatoms. The van der Waals surface area contributed by atoms with Crippen molar-refractivity contribution in [2.45, 2.75) is 354 Å². The molecule has 0 saturated carbocycles. The van der Waals surface area contributed by atoms with E-state index in [2.05, 4.69) is 26.1 Å². The van der Waals surface area contributed by atoms with E-state index in [-0.39, 0.29) is 25.1 Å². The van der Waals surface area contributed by atoms with E-state index in [9.17, 15) is 19.0 Å². The molecule has 75 heavy (non-hydrogen) atoms. The van der Waals surface area contributed by atoms with Gasteiger partial charge in [-0.15, -0.1) is 0 Å². The van der Waals surface area contributed by atoms with Crippen LogP contribution in [0, 0.1) is 0 Å². The standard InChI is InChI=1S/C65H129N2O7P/c1-7-10-13-16-19-22-25-26-27-28-29-30-31-32-33-34-35-36-37-38-39-40-43-46-49-52-55-58-65(69)74-63(56-53-50-47-44-41-23-20-17-14-11-8-2)62(61-73-75(70,71)72-60-59-67(4,5)6)66-64(68)57-54-51-48-45-42-24-21-18-15-12-9-3/h53,56,62-63H,7-52,54-55,57-61H2,1-6H3,(H-,66,68,70,71)/p+1/b56-53-. The van der Waals surface area contributed by atoms with Gasteiger partial charge in [0.15, 0.2) is 0 Å². The predicted molar refractivity (Wildman–Crippen MR) is 323 cm³/mol. The smallest absolute Gasteiger partial charge is 0.456 e. The second kappa shape index (κ2) is 56.0. The number of carbonyl (C=O) groups is 2. The number of phosphoric ester groups is 1. The highest BCUT2D eigenvalue weighted by molar-refractivity contribution is 7.47. The van der Waals surface area contributed by atoms with Crippen molar-refractivity contribution >= 4 is 19.7 Å². The van der Waals surface area contributed by atoms with E-state index in [0.29, 0.717) is 23.9 Å². The molecule has 0 aliphatic carbocycles. The van der Waals surface area contributed by atoms with Gasteiger partial charge in [0.1, 0.15) is 19.3 Å². The molecule has 0 radical (unpaired) electrons. The number of rotatable bonds is 61. The Labute approximate surface area is 467 Å². The molecule has 9 nitrogen and oxygen atoms in total. The Hall–Kier alpha value is -1.25. The normalized spacial score (nSPS) is 13.6. The summed E-state index contributed by atoms with van der Waals surface area (Å²) in [5, 5.41) is 3.06. The van der Waals surface area contributed by atoms with Gasteiger partial charge in [-0.1, -0.05) is 309 Å². The highest BCUT2D eigenvalue weighted by atomic mass is 31.2. The van der Waals surface area contributed by atoms with Crippen molar-refractivity contribution in [3.8, 4) is 0 Å². The minimum atomic E-state index is -4.44. The maximum Gasteiger partial charge on any atom is 0.472 e. The van der Waals surface area contributed by atoms with Crippen LogP contribution in [0.15, 0.2) is 12.2 Å². The molecular formula is C65H130N2O7P+. The van der Waals surface area contributed by atoms with Crippen molar-refractivity contribution in [2.24, 2.45) is 0 Å². The van der Waals surface area contributed by atoms with Gasteiger partial charge in [0.25, 0.3) is 0 Å². The van der Waals surface area contributed by atoms with Crippen molar-refractivity contribution in [3.63, 3.8) is 0 Å². The minimum absolute atomic E-state index is 0.0455. The summed E-state index contributed by atoms with van der Waals surface area (Å²) in [6.45, 7) is 7.05. The number of allylic oxidation sites excluding steroid dienone is 1. The number of ether oxygens (including phenoxy) is 1. The van der Waals surface area contributed by atoms with Gasteiger partial charge in [0.05, 0.1) is 33.8 Å². The van der Waals surface area contributed by atoms with E-state index in [1.54, 1.807) is 0 Å². The highest BCUT2D eigenvalue weighted by Crippen LogP contribution is 2.43. The van der Waals surface area contributed by atoms with Gasteiger partial charge in [-0.25, -0.2) is 4.57 Å². The predicted octanol–water partition coefficient (Wildman–Crippen LogP) is 20.3. The summed E-state index contributed by atoms with van der Waals surface area (Å²) in [4.78, 5) is 37.6. The molecule has 2 N–H and O–H groups in total. The molecule has 0 aromatic rings. The molecule has 3 atom stereocenters. The average molecular weight is 1080 g/mol. The number of carbonyl (C=O) groups excluding carboxylic acids is 2. The number of amides is 1. The Morgan fingerprint density at radius 2 is 0.760 bits per heavy atom. The third-order valence-corrected chi connectivity index (χ3v) is 16.2. The van der Waals surface area contributed by atoms with Crippen LogP contribution in [0.4, 0.5) is 0 Å². The molecule has 446 valence electrons. The van der Waals surface area contributed by atoms with Gasteiger partial charge in [-0.05, 0) is 31.8 Å². The second-order valence-corrected chi connectivity index (χ2v) is 25.5. The molecule has 0 rings (SSSR count). The quantitative estimate of drug-likeness (QED) is 0.0205. The molecule has 1 amide bonds. The Balaban J connectivity index is 4.87. The summed E-state index contributed by atoms with van der Waals surface area (Å²) in [7, 11) is 1.52. The number of esters is 1. The number of hydrogen-bond donors (Lipinski definition) is 2. The van der Waals surface area contributed by atoms with Gasteiger partial charge in [0.2, 0.25) is 5.91 Å². The van der Waals surface area contributed by atoms with Crippen LogP contribution in [-0.4, -0.2) is 74.3 Å². The monoisotopic (exact) mass is 1080 g/mol. The first-order valence-corrected chi connectivity index (χ1v) is 34.5. The van der Waals surface area contributed by atoms with Crippen LogP contribution in [0.3, 0.4) is 0 Å². The molecule has 0 aromatic carbocycles. The number of quaternary nitrogens is 1. The fourth-order valence-electron chi connectivity index (χ4n) is 10.1. The fourth-order valence-corrected chi connectivity index (χ4v) is 10.9. The first-order chi connectivity index (χ1) is 36.4. The minimum Gasteiger partial charge on any atom is -0.456 e. The molecule has 0 saturated heterocycles. The fraction of sp³-hybridized carbons (Fsp3) is 0.938. The summed E-state index contributed by atoms with van der Waals surface area (Å²) < 4.78 is 30.7. The number of phosphoric acid groups is 1. The number of likely N-dealkylation sites (N-methyl/N-ethyl adjacent to an activating group) is 1. The first-order valence-electron chi connectivity index (χ1n) is 33.0. The zero-order valence-corrected chi connectivity index (χ0v) is 52.0. The Kier molecular flexibility index (Phi) is 55.1. The molecule has 0 aliphatic rings. The van der Waals surface area contributed by atoms with Crippen molar-refractivity contribution in [2.75, 3.05) is 40.9 Å². The number of unbranched alkanes of at least 4 members (excludes halogenated alkanes) is 45. The van der Waals surface area contributed by atoms with Crippen LogP contribution < -0.4 is 5.32 Å². The molecule has 0 aliphatic heterocycles. The number of nitrogens with zero attached hydrogens (tertiary/aromatic N) is 1. The molecule has 0 spiro atoms. The number of hydrogen-bond acceptors (Lipinski definition) is 6. The summed E-state index contributed by atoms with van der Waals surface area (Å²) in [5.74, 6) is -0.486. The van der Waals surface area contributed by atoms with Crippen LogP contribution in [-0.2, 0) is 27.9 Å². The van der Waals surface area contributed by atoms with E-state index in [1.165, 1.54) is 250 Å². The van der Waals surface area contributed by atoms with Gasteiger partial charge in [-0.3, -0.25) is 18.6 Å². The van der Waals surface area contributed by atoms with E-state index in [1.807, 2.05) is 33.3 Å². The van der Waals surface area contributed by atoms with Crippen LogP contribution in [0.25, 0.3) is 0 Å². The van der Waals surface area contributed by atoms with Crippen LogP contribution in [0.1, 0.15) is 342 Å². The largest absolute Gasteiger partial charge is 0.472 e. The SMILES string of the molecule is CCCCCCCCCCC/C=C\C(OC(=O)CCCCCCCCCCCCCCCCCCCCCCCCCCCCC)C(COP(=O)(O)OCC[N+](C)(C)C)NC(=O)CCCCCCCCCCCCC. The highest BCUT2D eigenvalue weighted by Gasteiger charge is 2.30. The zero-order valence-electron chi connectivity index (χ0n) is 51.1. The van der Waals surface area contributed by atoms with Crippen molar-refractivity contribution in [1.29, 1.82) is 0 Å². The molecular weight excluding hydrogens is 952 g/mol. The van der Waals surface area contributed by atoms with Gasteiger partial charge < -0.3 is 19.4 Å². The lowest BCUT2D eigenvalue weighted by Crippen LogP contribution is -2.47. The first kappa shape index (κ1) is 73.8. The average Bonchev–Trinajstić information content (AvgIpc) is 3.37. The van der Waals surface area contributed by atoms with E-state index in [0.717, 1.165) is 57.8 Å². The van der Waals surface area contributed by atoms with Gasteiger partial charge in [-0.2, -0.15) is 0 Å². The van der Waals surface area contributed by atoms with Crippen molar-refractivity contribution in [1.82, 2.24) is 5.32 Å². The molecule has 0 fully saturated rings. The molecule has 0 bridgehead atoms. The Morgan fingerprint density at radius 3 is 1.09 bits per heavy atom. The lowest BCUT2D eigenvalue weighted by atomic mass is 10.0. The molecule has 0 aromatic heterocycles. The summed E-state index contributed by atoms with van der Waals surface area (Å²) in [6, 6.07) is -0.838. The maximum absolute atomic E-state index is 13.5. The Bertz CT molecular complexity index is 1290. The third kappa shape index (κ3) is 57.3. The van der Waals surface area contributed by atoms with E-state index < -0.39 is 20.0 Å². The van der Waals surface area contributed by atoms with Crippen LogP contribution in [0.2, 0.25) is 0 Å². The lowest BCUT2D eigenvalue weighted by Gasteiger charge is -2.27. The van der Waals surface area contributed by atoms with Gasteiger partial charge >= 0.3 is 13.8 Å². The topological polar surface area (TPSA) is 111 Å². The molecule has 0 heterocycles. The van der Waals surface area contributed by atoms with Gasteiger partial charge in [0, 0.05) is 12.8 Å². The van der Waals surface area contributed by atoms with Crippen molar-refractivity contribution in [3.05, 3.63) is 12.2 Å². The van der Waals surface area contributed by atoms with E-state index >= 15 is 0 Å².